The van der Waals surface area contributed by atoms with Crippen LogP contribution >= 0.6 is 0 Å². The summed E-state index contributed by atoms with van der Waals surface area (Å²) in [5.74, 6) is 0.352. The van der Waals surface area contributed by atoms with E-state index < -0.39 is 7.25 Å². The Morgan fingerprint density at radius 1 is 0.870 bits per heavy atom. The van der Waals surface area contributed by atoms with Crippen LogP contribution in [0.15, 0.2) is 60.7 Å². The Bertz CT molecular complexity index is 740. The summed E-state index contributed by atoms with van der Waals surface area (Å²) >= 11 is 0. The van der Waals surface area contributed by atoms with E-state index in [4.69, 9.17) is 5.73 Å². The highest BCUT2D eigenvalue weighted by Crippen LogP contribution is 2.06. The third-order valence-corrected chi connectivity index (χ3v) is 2.58. The third-order valence-electron chi connectivity index (χ3n) is 2.58. The van der Waals surface area contributed by atoms with Crippen molar-refractivity contribution in [3.63, 3.8) is 0 Å². The van der Waals surface area contributed by atoms with Crippen molar-refractivity contribution >= 4 is 13.2 Å². The van der Waals surface area contributed by atoms with Gasteiger partial charge in [0.05, 0.1) is 5.10 Å². The molecule has 3 aromatic rings. The molecule has 0 fully saturated rings. The number of nitrogens with zero attached hydrogens (tertiary/aromatic N) is 4. The molecule has 0 spiro atoms. The average Bonchev–Trinajstić information content (AvgIpc) is 2.89. The number of para-hydroxylation sites is 2. The first-order chi connectivity index (χ1) is 10.8. The highest BCUT2D eigenvalue weighted by atomic mass is 19.5. The molecule has 5 nitrogen and oxygen atoms in total. The van der Waals surface area contributed by atoms with Crippen LogP contribution in [0.4, 0.5) is 23.2 Å². The van der Waals surface area contributed by atoms with Gasteiger partial charge in [-0.1, -0.05) is 41.1 Å². The van der Waals surface area contributed by atoms with Crippen LogP contribution in [0.25, 0.3) is 11.4 Å². The fourth-order valence-electron chi connectivity index (χ4n) is 1.71. The summed E-state index contributed by atoms with van der Waals surface area (Å²) in [7, 11) is -6.00. The number of aromatic nitrogens is 4. The molecule has 0 aliphatic rings. The van der Waals surface area contributed by atoms with Gasteiger partial charge in [0.1, 0.15) is 11.4 Å². The monoisotopic (exact) mass is 325 g/mol. The van der Waals surface area contributed by atoms with E-state index in [9.17, 15) is 17.3 Å². The molecule has 1 heterocycles. The first-order valence-corrected chi connectivity index (χ1v) is 6.48. The summed E-state index contributed by atoms with van der Waals surface area (Å²) in [6, 6.07) is 19.3. The van der Waals surface area contributed by atoms with E-state index in [1.165, 1.54) is 4.80 Å². The topological polar surface area (TPSA) is 60.6 Å². The molecular weight excluding hydrogens is 313 g/mol. The van der Waals surface area contributed by atoms with Crippen molar-refractivity contribution in [1.29, 1.82) is 0 Å². The largest absolute Gasteiger partial charge is 0.673 e. The molecule has 2 N–H and O–H groups in total. The van der Waals surface area contributed by atoms with Crippen LogP contribution < -0.4 is 10.4 Å². The average molecular weight is 325 g/mol. The molecule has 0 atom stereocenters. The lowest BCUT2D eigenvalue weighted by molar-refractivity contribution is -0.647. The minimum absolute atomic E-state index is 0.352. The number of hydrogen-bond donors (Lipinski definition) is 1. The van der Waals surface area contributed by atoms with Gasteiger partial charge in [-0.15, -0.1) is 0 Å². The number of halogens is 4. The number of rotatable bonds is 2. The normalized spacial score (nSPS) is 10.8. The van der Waals surface area contributed by atoms with E-state index in [-0.39, 0.29) is 0 Å². The highest BCUT2D eigenvalue weighted by Gasteiger charge is 2.20. The first kappa shape index (κ1) is 16.5. The Hall–Kier alpha value is -2.91. The third kappa shape index (κ3) is 5.09. The SMILES string of the molecule is F[B-](F)(F)F.Nc1nn(-c2ccccc2)n[n+]1-c1ccccc1. The second kappa shape index (κ2) is 6.90. The second-order valence-corrected chi connectivity index (χ2v) is 4.31. The van der Waals surface area contributed by atoms with Crippen molar-refractivity contribution in [3.8, 4) is 11.4 Å². The molecule has 10 heteroatoms. The van der Waals surface area contributed by atoms with Gasteiger partial charge in [-0.05, 0) is 29.1 Å². The lowest BCUT2D eigenvalue weighted by Crippen LogP contribution is -2.36. The van der Waals surface area contributed by atoms with Crippen molar-refractivity contribution in [3.05, 3.63) is 60.7 Å². The zero-order valence-electron chi connectivity index (χ0n) is 11.7. The minimum Gasteiger partial charge on any atom is -0.418 e. The van der Waals surface area contributed by atoms with Crippen LogP contribution in [0, 0.1) is 0 Å². The van der Waals surface area contributed by atoms with E-state index in [1.54, 1.807) is 4.68 Å². The van der Waals surface area contributed by atoms with E-state index in [0.29, 0.717) is 5.95 Å². The van der Waals surface area contributed by atoms with Crippen LogP contribution in [0.1, 0.15) is 0 Å². The Balaban J connectivity index is 0.000000338. The van der Waals surface area contributed by atoms with E-state index >= 15 is 0 Å². The van der Waals surface area contributed by atoms with Crippen molar-refractivity contribution in [2.45, 2.75) is 0 Å². The van der Waals surface area contributed by atoms with Crippen LogP contribution in [0.5, 0.6) is 0 Å². The van der Waals surface area contributed by atoms with Crippen LogP contribution in [0.3, 0.4) is 0 Å². The molecular formula is C13H12BF4N5. The Morgan fingerprint density at radius 2 is 1.35 bits per heavy atom. The molecule has 1 aromatic heterocycles. The van der Waals surface area contributed by atoms with Crippen molar-refractivity contribution in [2.75, 3.05) is 5.73 Å². The quantitative estimate of drug-likeness (QED) is 0.447. The molecule has 2 aromatic carbocycles. The summed E-state index contributed by atoms with van der Waals surface area (Å²) in [5, 5.41) is 8.55. The highest BCUT2D eigenvalue weighted by molar-refractivity contribution is 6.50. The number of nitrogens with two attached hydrogens (primary N) is 1. The van der Waals surface area contributed by atoms with Gasteiger partial charge in [0.2, 0.25) is 0 Å². The summed E-state index contributed by atoms with van der Waals surface area (Å²) in [5.41, 5.74) is 7.64. The summed E-state index contributed by atoms with van der Waals surface area (Å²) in [6.45, 7) is 0. The van der Waals surface area contributed by atoms with Gasteiger partial charge in [0, 0.05) is 5.21 Å². The molecule has 120 valence electrons. The van der Waals surface area contributed by atoms with Gasteiger partial charge in [-0.3, -0.25) is 0 Å². The molecule has 0 radical (unpaired) electrons. The standard InChI is InChI=1S/C13H12N5.BF4/c14-13-15-18(12-9-5-2-6-10-12)16-17(13)11-7-3-1-4-8-11;2-1(3,4)5/h1-10H,(H2,14,15,16);/q+1;-1. The number of hydrogen-bond acceptors (Lipinski definition) is 3. The number of anilines is 1. The summed E-state index contributed by atoms with van der Waals surface area (Å²) in [4.78, 5) is 1.52. The number of nitrogen functional groups attached to an aromatic ring is 1. The molecule has 0 aliphatic heterocycles. The van der Waals surface area contributed by atoms with E-state index in [0.717, 1.165) is 11.4 Å². The number of benzene rings is 2. The molecule has 0 amide bonds. The second-order valence-electron chi connectivity index (χ2n) is 4.31. The Morgan fingerprint density at radius 3 is 1.87 bits per heavy atom. The van der Waals surface area contributed by atoms with Gasteiger partial charge in [0.15, 0.2) is 0 Å². The lowest BCUT2D eigenvalue weighted by Gasteiger charge is -1.94. The first-order valence-electron chi connectivity index (χ1n) is 6.48. The van der Waals surface area contributed by atoms with Gasteiger partial charge in [0.25, 0.3) is 0 Å². The van der Waals surface area contributed by atoms with Gasteiger partial charge < -0.3 is 23.0 Å². The lowest BCUT2D eigenvalue weighted by atomic mass is 10.3. The van der Waals surface area contributed by atoms with Gasteiger partial charge in [-0.25, -0.2) is 0 Å². The number of tetrazole rings is 1. The predicted molar refractivity (Wildman–Crippen MR) is 77.5 cm³/mol. The van der Waals surface area contributed by atoms with E-state index in [1.807, 2.05) is 60.7 Å². The maximum absolute atomic E-state index is 9.75. The molecule has 0 saturated heterocycles. The van der Waals surface area contributed by atoms with Crippen LogP contribution in [0.2, 0.25) is 0 Å². The van der Waals surface area contributed by atoms with Gasteiger partial charge in [-0.2, -0.15) is 0 Å². The predicted octanol–water partition coefficient (Wildman–Crippen LogP) is 2.43. The zero-order valence-corrected chi connectivity index (χ0v) is 11.7. The fourth-order valence-corrected chi connectivity index (χ4v) is 1.71. The zero-order chi connectivity index (χ0) is 16.9. The Kier molecular flexibility index (Phi) is 4.94. The molecule has 0 unspecified atom stereocenters. The Labute approximate surface area is 129 Å². The van der Waals surface area contributed by atoms with Crippen molar-refractivity contribution < 1.29 is 21.9 Å². The molecule has 0 bridgehead atoms. The molecule has 23 heavy (non-hydrogen) atoms. The van der Waals surface area contributed by atoms with Crippen molar-refractivity contribution in [2.24, 2.45) is 0 Å². The molecule has 0 saturated carbocycles. The van der Waals surface area contributed by atoms with Crippen molar-refractivity contribution in [1.82, 2.24) is 15.1 Å². The van der Waals surface area contributed by atoms with E-state index in [2.05, 4.69) is 10.3 Å². The summed E-state index contributed by atoms with van der Waals surface area (Å²) < 4.78 is 40.6. The van der Waals surface area contributed by atoms with Crippen LogP contribution in [-0.2, 0) is 0 Å². The summed E-state index contributed by atoms with van der Waals surface area (Å²) in [6.07, 6.45) is 0. The smallest absolute Gasteiger partial charge is 0.418 e. The molecule has 3 rings (SSSR count). The van der Waals surface area contributed by atoms with Gasteiger partial charge >= 0.3 is 13.2 Å². The minimum atomic E-state index is -6.00. The maximum atomic E-state index is 9.75. The van der Waals surface area contributed by atoms with Crippen LogP contribution in [-0.4, -0.2) is 22.4 Å². The fraction of sp³-hybridized carbons (Fsp3) is 0. The molecule has 0 aliphatic carbocycles. The maximum Gasteiger partial charge on any atom is 0.673 e.